The third kappa shape index (κ3) is 3.41. The summed E-state index contributed by atoms with van der Waals surface area (Å²) in [6, 6.07) is 10.3. The number of hydrogen-bond acceptors (Lipinski definition) is 4. The number of carbonyl (C=O) groups excluding carboxylic acids is 1. The van der Waals surface area contributed by atoms with Crippen molar-refractivity contribution >= 4 is 17.5 Å². The standard InChI is InChI=1S/C23H30O3S/c1-21(2)15-25-23(26-16-21)12-7-10-19-18(20(24)11-13-22(19,23)3)14-27-17-8-5-4-6-9-17/h4-6,8-9H,7,10-16H2,1-3H3/t22-/m1/s1. The van der Waals surface area contributed by atoms with Gasteiger partial charge in [-0.05, 0) is 31.4 Å². The van der Waals surface area contributed by atoms with E-state index in [1.165, 1.54) is 10.5 Å². The van der Waals surface area contributed by atoms with Crippen LogP contribution in [-0.4, -0.2) is 30.5 Å². The van der Waals surface area contributed by atoms with Crippen LogP contribution in [0.25, 0.3) is 0 Å². The molecule has 0 amide bonds. The third-order valence-corrected chi connectivity index (χ3v) is 7.55. The number of fused-ring (bicyclic) bond motifs is 2. The van der Waals surface area contributed by atoms with Crippen LogP contribution in [0.4, 0.5) is 0 Å². The lowest BCUT2D eigenvalue weighted by atomic mass is 9.60. The smallest absolute Gasteiger partial charge is 0.177 e. The summed E-state index contributed by atoms with van der Waals surface area (Å²) < 4.78 is 12.9. The SMILES string of the molecule is CC1(C)COC2(CCCC3=C(CSc4ccccc4)C(=O)CC[C@]32C)OC1. The summed E-state index contributed by atoms with van der Waals surface area (Å²) in [6.45, 7) is 8.09. The van der Waals surface area contributed by atoms with Crippen LogP contribution < -0.4 is 0 Å². The maximum absolute atomic E-state index is 12.8. The van der Waals surface area contributed by atoms with Gasteiger partial charge in [0, 0.05) is 39.9 Å². The summed E-state index contributed by atoms with van der Waals surface area (Å²) in [5, 5.41) is 0. The molecule has 2 aliphatic carbocycles. The van der Waals surface area contributed by atoms with E-state index in [-0.39, 0.29) is 10.8 Å². The molecule has 27 heavy (non-hydrogen) atoms. The molecule has 4 rings (SSSR count). The van der Waals surface area contributed by atoms with Crippen molar-refractivity contribution in [1.29, 1.82) is 0 Å². The molecule has 1 heterocycles. The Morgan fingerprint density at radius 1 is 1.00 bits per heavy atom. The lowest BCUT2D eigenvalue weighted by molar-refractivity contribution is -0.348. The van der Waals surface area contributed by atoms with Crippen LogP contribution in [0.2, 0.25) is 0 Å². The first-order valence-electron chi connectivity index (χ1n) is 10.1. The molecule has 0 bridgehead atoms. The Morgan fingerprint density at radius 3 is 2.41 bits per heavy atom. The van der Waals surface area contributed by atoms with E-state index in [0.717, 1.165) is 50.2 Å². The molecule has 1 saturated carbocycles. The van der Waals surface area contributed by atoms with E-state index >= 15 is 0 Å². The first-order valence-corrected chi connectivity index (χ1v) is 11.1. The van der Waals surface area contributed by atoms with E-state index in [2.05, 4.69) is 32.9 Å². The van der Waals surface area contributed by atoms with Gasteiger partial charge in [0.25, 0.3) is 0 Å². The highest BCUT2D eigenvalue weighted by Crippen LogP contribution is 2.58. The molecule has 0 unspecified atom stereocenters. The zero-order valence-corrected chi connectivity index (χ0v) is 17.5. The molecule has 1 aromatic rings. The quantitative estimate of drug-likeness (QED) is 0.652. The number of thioether (sulfide) groups is 1. The molecule has 1 atom stereocenters. The number of ether oxygens (including phenoxy) is 2. The van der Waals surface area contributed by atoms with E-state index in [9.17, 15) is 4.79 Å². The zero-order chi connectivity index (χ0) is 19.1. The second kappa shape index (κ2) is 7.06. The fourth-order valence-electron chi connectivity index (χ4n) is 4.80. The van der Waals surface area contributed by atoms with Crippen molar-refractivity contribution in [2.24, 2.45) is 10.8 Å². The molecule has 0 N–H and O–H groups in total. The van der Waals surface area contributed by atoms with Crippen molar-refractivity contribution in [1.82, 2.24) is 0 Å². The molecule has 0 radical (unpaired) electrons. The number of Topliss-reactive ketones (excluding diaryl/α,β-unsaturated/α-hetero) is 1. The summed E-state index contributed by atoms with van der Waals surface area (Å²) >= 11 is 1.76. The summed E-state index contributed by atoms with van der Waals surface area (Å²) in [6.07, 6.45) is 4.38. The van der Waals surface area contributed by atoms with Crippen molar-refractivity contribution in [2.45, 2.75) is 63.6 Å². The van der Waals surface area contributed by atoms with E-state index < -0.39 is 5.79 Å². The van der Waals surface area contributed by atoms with Gasteiger partial charge in [0.15, 0.2) is 11.6 Å². The predicted molar refractivity (Wildman–Crippen MR) is 109 cm³/mol. The second-order valence-corrected chi connectivity index (χ2v) is 10.2. The van der Waals surface area contributed by atoms with E-state index in [0.29, 0.717) is 12.2 Å². The van der Waals surface area contributed by atoms with Crippen LogP contribution in [0.3, 0.4) is 0 Å². The Hall–Kier alpha value is -1.10. The number of carbonyl (C=O) groups is 1. The van der Waals surface area contributed by atoms with Crippen molar-refractivity contribution in [3.63, 3.8) is 0 Å². The van der Waals surface area contributed by atoms with E-state index in [1.807, 2.05) is 18.2 Å². The van der Waals surface area contributed by atoms with Crippen LogP contribution in [-0.2, 0) is 14.3 Å². The Morgan fingerprint density at radius 2 is 1.70 bits per heavy atom. The first-order chi connectivity index (χ1) is 12.9. The number of rotatable bonds is 3. The molecule has 4 heteroatoms. The summed E-state index contributed by atoms with van der Waals surface area (Å²) in [4.78, 5) is 14.0. The molecule has 3 aliphatic rings. The minimum Gasteiger partial charge on any atom is -0.348 e. The van der Waals surface area contributed by atoms with Gasteiger partial charge in [-0.25, -0.2) is 0 Å². The van der Waals surface area contributed by atoms with Gasteiger partial charge < -0.3 is 9.47 Å². The van der Waals surface area contributed by atoms with Crippen LogP contribution in [0.5, 0.6) is 0 Å². The van der Waals surface area contributed by atoms with Gasteiger partial charge in [-0.3, -0.25) is 4.79 Å². The third-order valence-electron chi connectivity index (χ3n) is 6.51. The van der Waals surface area contributed by atoms with Gasteiger partial charge in [-0.1, -0.05) is 44.5 Å². The lowest BCUT2D eigenvalue weighted by Gasteiger charge is -2.57. The maximum Gasteiger partial charge on any atom is 0.177 e. The van der Waals surface area contributed by atoms with Crippen LogP contribution in [0.1, 0.15) is 52.9 Å². The molecule has 1 aromatic carbocycles. The van der Waals surface area contributed by atoms with E-state index in [4.69, 9.17) is 9.47 Å². The van der Waals surface area contributed by atoms with Gasteiger partial charge in [-0.2, -0.15) is 0 Å². The van der Waals surface area contributed by atoms with E-state index in [1.54, 1.807) is 11.8 Å². The monoisotopic (exact) mass is 386 g/mol. The van der Waals surface area contributed by atoms with Gasteiger partial charge in [0.1, 0.15) is 0 Å². The van der Waals surface area contributed by atoms with Gasteiger partial charge in [0.05, 0.1) is 13.2 Å². The number of ketones is 1. The molecular formula is C23H30O3S. The van der Waals surface area contributed by atoms with Crippen LogP contribution in [0.15, 0.2) is 46.4 Å². The minimum absolute atomic E-state index is 0.0550. The van der Waals surface area contributed by atoms with Gasteiger partial charge >= 0.3 is 0 Å². The van der Waals surface area contributed by atoms with Crippen molar-refractivity contribution in [3.05, 3.63) is 41.5 Å². The molecule has 2 fully saturated rings. The normalized spacial score (nSPS) is 29.7. The predicted octanol–water partition coefficient (Wildman–Crippen LogP) is 5.40. The molecular weight excluding hydrogens is 356 g/mol. The fraction of sp³-hybridized carbons (Fsp3) is 0.609. The fourth-order valence-corrected chi connectivity index (χ4v) is 5.79. The van der Waals surface area contributed by atoms with Crippen LogP contribution in [0, 0.1) is 10.8 Å². The van der Waals surface area contributed by atoms with Gasteiger partial charge in [-0.15, -0.1) is 11.8 Å². The highest BCUT2D eigenvalue weighted by Gasteiger charge is 2.59. The van der Waals surface area contributed by atoms with Gasteiger partial charge in [0.2, 0.25) is 0 Å². The minimum atomic E-state index is -0.556. The first kappa shape index (κ1) is 19.2. The maximum atomic E-state index is 12.8. The largest absolute Gasteiger partial charge is 0.348 e. The Labute approximate surface area is 166 Å². The Kier molecular flexibility index (Phi) is 5.02. The number of hydrogen-bond donors (Lipinski definition) is 0. The van der Waals surface area contributed by atoms with Crippen molar-refractivity contribution in [2.75, 3.05) is 19.0 Å². The zero-order valence-electron chi connectivity index (χ0n) is 16.7. The topological polar surface area (TPSA) is 35.5 Å². The highest BCUT2D eigenvalue weighted by molar-refractivity contribution is 7.99. The highest BCUT2D eigenvalue weighted by atomic mass is 32.2. The van der Waals surface area contributed by atoms with Crippen molar-refractivity contribution < 1.29 is 14.3 Å². The second-order valence-electron chi connectivity index (χ2n) is 9.16. The molecule has 0 aromatic heterocycles. The molecule has 1 saturated heterocycles. The average molecular weight is 387 g/mol. The molecule has 1 spiro atoms. The lowest BCUT2D eigenvalue weighted by Crippen LogP contribution is -2.60. The summed E-state index contributed by atoms with van der Waals surface area (Å²) in [5.41, 5.74) is 2.18. The number of benzene rings is 1. The molecule has 146 valence electrons. The Bertz CT molecular complexity index is 742. The van der Waals surface area contributed by atoms with Crippen LogP contribution >= 0.6 is 11.8 Å². The Balaban J connectivity index is 1.64. The molecule has 3 nitrogen and oxygen atoms in total. The molecule has 1 aliphatic heterocycles. The summed E-state index contributed by atoms with van der Waals surface area (Å²) in [7, 11) is 0. The van der Waals surface area contributed by atoms with Crippen molar-refractivity contribution in [3.8, 4) is 0 Å². The summed E-state index contributed by atoms with van der Waals surface area (Å²) in [5.74, 6) is 0.508. The average Bonchev–Trinajstić information content (AvgIpc) is 2.66.